The van der Waals surface area contributed by atoms with Crippen LogP contribution in [0.5, 0.6) is 0 Å². The van der Waals surface area contributed by atoms with Crippen LogP contribution in [0.1, 0.15) is 19.3 Å². The Morgan fingerprint density at radius 2 is 1.75 bits per heavy atom. The van der Waals surface area contributed by atoms with Crippen LogP contribution in [0.15, 0.2) is 12.2 Å². The minimum Gasteiger partial charge on any atom is -0.481 e. The van der Waals surface area contributed by atoms with E-state index < -0.39 is 11.9 Å². The third kappa shape index (κ3) is 2.14. The van der Waals surface area contributed by atoms with Crippen molar-refractivity contribution in [3.63, 3.8) is 0 Å². The molecule has 0 aromatic rings. The minimum absolute atomic E-state index is 0.0288. The highest BCUT2D eigenvalue weighted by atomic mass is 16.4. The molecule has 0 aromatic carbocycles. The molecule has 5 nitrogen and oxygen atoms in total. The molecule has 0 aromatic heterocycles. The Bertz CT molecular complexity index is 442. The lowest BCUT2D eigenvalue weighted by molar-refractivity contribution is -0.151. The van der Waals surface area contributed by atoms with E-state index in [-0.39, 0.29) is 29.7 Å². The van der Waals surface area contributed by atoms with Crippen LogP contribution < -0.4 is 5.32 Å². The molecular weight excluding hydrogens is 256 g/mol. The number of amides is 1. The van der Waals surface area contributed by atoms with Crippen LogP contribution in [0.4, 0.5) is 0 Å². The summed E-state index contributed by atoms with van der Waals surface area (Å²) in [5, 5.41) is 12.7. The lowest BCUT2D eigenvalue weighted by Gasteiger charge is -2.35. The predicted octanol–water partition coefficient (Wildman–Crippen LogP) is 0.720. The fourth-order valence-electron chi connectivity index (χ4n) is 4.10. The highest BCUT2D eigenvalue weighted by Crippen LogP contribution is 2.48. The van der Waals surface area contributed by atoms with Crippen LogP contribution in [0.2, 0.25) is 0 Å². The topological polar surface area (TPSA) is 69.6 Å². The zero-order valence-electron chi connectivity index (χ0n) is 11.8. The number of fused-ring (bicyclic) bond motifs is 2. The molecule has 5 heteroatoms. The largest absolute Gasteiger partial charge is 0.481 e. The number of carboxylic acid groups (broad SMARTS) is 1. The molecule has 4 atom stereocenters. The van der Waals surface area contributed by atoms with Gasteiger partial charge in [0.05, 0.1) is 11.8 Å². The lowest BCUT2D eigenvalue weighted by Crippen LogP contribution is -2.48. The third-order valence-electron chi connectivity index (χ3n) is 5.23. The van der Waals surface area contributed by atoms with Gasteiger partial charge in [-0.05, 0) is 44.2 Å². The molecule has 3 aliphatic rings. The first-order valence-electron chi connectivity index (χ1n) is 7.48. The van der Waals surface area contributed by atoms with Crippen LogP contribution in [0, 0.1) is 23.7 Å². The Morgan fingerprint density at radius 1 is 1.15 bits per heavy atom. The number of hydrogen-bond acceptors (Lipinski definition) is 3. The Hall–Kier alpha value is -1.36. The van der Waals surface area contributed by atoms with Crippen molar-refractivity contribution in [2.45, 2.75) is 25.3 Å². The molecule has 4 unspecified atom stereocenters. The second-order valence-electron chi connectivity index (χ2n) is 6.27. The van der Waals surface area contributed by atoms with E-state index in [1.54, 1.807) is 0 Å². The number of carbonyl (C=O) groups excluding carboxylic acids is 1. The summed E-state index contributed by atoms with van der Waals surface area (Å²) in [5.41, 5.74) is 0. The van der Waals surface area contributed by atoms with E-state index in [2.05, 4.69) is 5.32 Å². The van der Waals surface area contributed by atoms with Gasteiger partial charge in [0.15, 0.2) is 0 Å². The zero-order valence-corrected chi connectivity index (χ0v) is 11.8. The van der Waals surface area contributed by atoms with Crippen molar-refractivity contribution >= 4 is 11.9 Å². The molecule has 2 bridgehead atoms. The number of nitrogens with one attached hydrogen (secondary N) is 1. The summed E-state index contributed by atoms with van der Waals surface area (Å²) < 4.78 is 0. The summed E-state index contributed by atoms with van der Waals surface area (Å²) in [6, 6.07) is 0.251. The number of rotatable bonds is 3. The van der Waals surface area contributed by atoms with Gasteiger partial charge in [-0.2, -0.15) is 0 Å². The van der Waals surface area contributed by atoms with Gasteiger partial charge in [0.25, 0.3) is 0 Å². The van der Waals surface area contributed by atoms with Crippen molar-refractivity contribution in [2.75, 3.05) is 20.1 Å². The maximum absolute atomic E-state index is 12.8. The molecule has 1 aliphatic heterocycles. The van der Waals surface area contributed by atoms with Gasteiger partial charge in [0.2, 0.25) is 5.91 Å². The van der Waals surface area contributed by atoms with Gasteiger partial charge >= 0.3 is 5.97 Å². The van der Waals surface area contributed by atoms with E-state index in [4.69, 9.17) is 0 Å². The molecule has 2 aliphatic carbocycles. The third-order valence-corrected chi connectivity index (χ3v) is 5.23. The van der Waals surface area contributed by atoms with Crippen molar-refractivity contribution < 1.29 is 14.7 Å². The molecule has 20 heavy (non-hydrogen) atoms. The summed E-state index contributed by atoms with van der Waals surface area (Å²) in [7, 11) is 1.84. The molecular formula is C15H22N2O3. The second kappa shape index (κ2) is 5.20. The first-order valence-corrected chi connectivity index (χ1v) is 7.48. The van der Waals surface area contributed by atoms with Gasteiger partial charge in [-0.3, -0.25) is 9.59 Å². The zero-order chi connectivity index (χ0) is 14.3. The lowest BCUT2D eigenvalue weighted by atomic mass is 9.81. The predicted molar refractivity (Wildman–Crippen MR) is 74.0 cm³/mol. The Kier molecular flexibility index (Phi) is 3.54. The Labute approximate surface area is 119 Å². The van der Waals surface area contributed by atoms with Crippen LogP contribution in [-0.4, -0.2) is 48.1 Å². The molecule has 2 N–H and O–H groups in total. The maximum Gasteiger partial charge on any atom is 0.307 e. The number of piperidine rings is 1. The first kappa shape index (κ1) is 13.6. The molecule has 0 radical (unpaired) electrons. The molecule has 1 saturated carbocycles. The highest BCUT2D eigenvalue weighted by molar-refractivity contribution is 5.87. The second-order valence-corrected chi connectivity index (χ2v) is 6.27. The Balaban J connectivity index is 1.75. The average Bonchev–Trinajstić information content (AvgIpc) is 3.07. The van der Waals surface area contributed by atoms with E-state index in [9.17, 15) is 14.7 Å². The quantitative estimate of drug-likeness (QED) is 0.746. The van der Waals surface area contributed by atoms with Crippen LogP contribution in [0.25, 0.3) is 0 Å². The number of hydrogen-bond donors (Lipinski definition) is 2. The monoisotopic (exact) mass is 278 g/mol. The van der Waals surface area contributed by atoms with Gasteiger partial charge in [0, 0.05) is 13.1 Å². The fourth-order valence-corrected chi connectivity index (χ4v) is 4.10. The van der Waals surface area contributed by atoms with Crippen LogP contribution >= 0.6 is 0 Å². The minimum atomic E-state index is -0.820. The molecule has 1 heterocycles. The molecule has 1 saturated heterocycles. The number of carboxylic acids is 1. The normalized spacial score (nSPS) is 36.2. The number of allylic oxidation sites excluding steroid dienone is 2. The standard InChI is InChI=1S/C15H22N2O3/c1-17(11-4-6-16-7-5-11)14(18)12-9-2-3-10(8-9)13(12)15(19)20/h2-3,9-13,16H,4-8H2,1H3,(H,19,20). The average molecular weight is 278 g/mol. The summed E-state index contributed by atoms with van der Waals surface area (Å²) in [4.78, 5) is 26.1. The summed E-state index contributed by atoms with van der Waals surface area (Å²) >= 11 is 0. The van der Waals surface area contributed by atoms with E-state index >= 15 is 0 Å². The van der Waals surface area contributed by atoms with Crippen molar-refractivity contribution in [1.29, 1.82) is 0 Å². The summed E-state index contributed by atoms with van der Waals surface area (Å²) in [5.74, 6) is -1.50. The van der Waals surface area contributed by atoms with Gasteiger partial charge < -0.3 is 15.3 Å². The van der Waals surface area contributed by atoms with E-state index in [1.165, 1.54) is 0 Å². The van der Waals surface area contributed by atoms with Crippen molar-refractivity contribution in [3.8, 4) is 0 Å². The fraction of sp³-hybridized carbons (Fsp3) is 0.733. The number of nitrogens with zero attached hydrogens (tertiary/aromatic N) is 1. The van der Waals surface area contributed by atoms with Gasteiger partial charge in [0.1, 0.15) is 0 Å². The van der Waals surface area contributed by atoms with Gasteiger partial charge in [-0.1, -0.05) is 12.2 Å². The van der Waals surface area contributed by atoms with E-state index in [1.807, 2.05) is 24.1 Å². The van der Waals surface area contributed by atoms with Crippen molar-refractivity contribution in [2.24, 2.45) is 23.7 Å². The highest BCUT2D eigenvalue weighted by Gasteiger charge is 2.52. The molecule has 0 spiro atoms. The SMILES string of the molecule is CN(C(=O)C1C2C=CC(C2)C1C(=O)O)C1CCNCC1. The van der Waals surface area contributed by atoms with Crippen LogP contribution in [0.3, 0.4) is 0 Å². The summed E-state index contributed by atoms with van der Waals surface area (Å²) in [6.45, 7) is 1.86. The van der Waals surface area contributed by atoms with Crippen LogP contribution in [-0.2, 0) is 9.59 Å². The molecule has 2 fully saturated rings. The molecule has 1 amide bonds. The van der Waals surface area contributed by atoms with E-state index in [0.717, 1.165) is 32.4 Å². The van der Waals surface area contributed by atoms with Gasteiger partial charge in [-0.15, -0.1) is 0 Å². The number of carbonyl (C=O) groups is 2. The summed E-state index contributed by atoms with van der Waals surface area (Å²) in [6.07, 6.45) is 6.77. The molecule has 3 rings (SSSR count). The molecule has 110 valence electrons. The Morgan fingerprint density at radius 3 is 2.35 bits per heavy atom. The van der Waals surface area contributed by atoms with Crippen molar-refractivity contribution in [3.05, 3.63) is 12.2 Å². The maximum atomic E-state index is 12.8. The van der Waals surface area contributed by atoms with Crippen molar-refractivity contribution in [1.82, 2.24) is 10.2 Å². The number of aliphatic carboxylic acids is 1. The van der Waals surface area contributed by atoms with E-state index in [0.29, 0.717) is 0 Å². The smallest absolute Gasteiger partial charge is 0.307 e. The van der Waals surface area contributed by atoms with Gasteiger partial charge in [-0.25, -0.2) is 0 Å². The first-order chi connectivity index (χ1) is 9.59.